The number of nitrogens with one attached hydrogen (secondary N) is 1. The van der Waals surface area contributed by atoms with Crippen LogP contribution in [0.1, 0.15) is 17.7 Å². The minimum atomic E-state index is -3.57. The maximum absolute atomic E-state index is 12.9. The number of para-hydroxylation sites is 1. The number of rotatable bonds is 6. The number of amides is 1. The summed E-state index contributed by atoms with van der Waals surface area (Å²) in [6.45, 7) is 2.48. The van der Waals surface area contributed by atoms with Crippen LogP contribution in [0.15, 0.2) is 65.0 Å². The fraction of sp³-hybridized carbons (Fsp3) is 0.273. The molecule has 0 saturated carbocycles. The van der Waals surface area contributed by atoms with Gasteiger partial charge in [-0.1, -0.05) is 18.2 Å². The Hall–Kier alpha value is -2.75. The number of aromatic nitrogens is 1. The van der Waals surface area contributed by atoms with Gasteiger partial charge < -0.3 is 10.1 Å². The van der Waals surface area contributed by atoms with Gasteiger partial charge in [0.25, 0.3) is 10.0 Å². The summed E-state index contributed by atoms with van der Waals surface area (Å²) in [7, 11) is -3.57. The van der Waals surface area contributed by atoms with Crippen LogP contribution in [0, 0.1) is 12.8 Å². The normalized spacial score (nSPS) is 17.3. The summed E-state index contributed by atoms with van der Waals surface area (Å²) in [6.07, 6.45) is 2.82. The van der Waals surface area contributed by atoms with E-state index in [1.807, 2.05) is 37.3 Å². The molecule has 31 heavy (non-hydrogen) atoms. The lowest BCUT2D eigenvalue weighted by molar-refractivity contribution is -0.120. The Morgan fingerprint density at radius 1 is 1.16 bits per heavy atom. The Morgan fingerprint density at radius 3 is 2.65 bits per heavy atom. The number of sulfonamides is 1. The summed E-state index contributed by atoms with van der Waals surface area (Å²) in [5.41, 5.74) is 0.541. The Labute approximate surface area is 185 Å². The molecule has 0 spiro atoms. The molecule has 1 aliphatic heterocycles. The highest BCUT2D eigenvalue weighted by atomic mass is 32.2. The average molecular weight is 458 g/mol. The van der Waals surface area contributed by atoms with E-state index in [1.165, 1.54) is 21.8 Å². The lowest BCUT2D eigenvalue weighted by Crippen LogP contribution is -2.43. The van der Waals surface area contributed by atoms with E-state index in [0.717, 1.165) is 4.88 Å². The molecule has 1 saturated heterocycles. The number of nitrogens with zero attached hydrogens (tertiary/aromatic N) is 2. The second-order valence-corrected chi connectivity index (χ2v) is 10.8. The first-order chi connectivity index (χ1) is 14.9. The highest BCUT2D eigenvalue weighted by molar-refractivity contribution is 7.91. The van der Waals surface area contributed by atoms with Gasteiger partial charge in [-0.2, -0.15) is 4.31 Å². The van der Waals surface area contributed by atoms with Gasteiger partial charge >= 0.3 is 0 Å². The van der Waals surface area contributed by atoms with Gasteiger partial charge in [0.05, 0.1) is 17.8 Å². The van der Waals surface area contributed by atoms with Gasteiger partial charge in [-0.05, 0) is 50.1 Å². The Kier molecular flexibility index (Phi) is 6.35. The summed E-state index contributed by atoms with van der Waals surface area (Å²) in [5, 5.41) is 2.84. The maximum Gasteiger partial charge on any atom is 0.252 e. The van der Waals surface area contributed by atoms with Crippen molar-refractivity contribution in [2.45, 2.75) is 24.0 Å². The Bertz CT molecular complexity index is 1150. The van der Waals surface area contributed by atoms with Crippen LogP contribution in [0.2, 0.25) is 0 Å². The third kappa shape index (κ3) is 5.12. The standard InChI is InChI=1S/C22H23N3O4S2/c1-16-9-12-21(30-16)31(27,28)25-13-5-6-17(15-25)22(26)24-18-10-11-20(23-14-18)29-19-7-3-2-4-8-19/h2-4,7-12,14,17H,5-6,13,15H2,1H3,(H,24,26)/t17-/m0/s1. The lowest BCUT2D eigenvalue weighted by Gasteiger charge is -2.30. The number of carbonyl (C=O) groups excluding carboxylic acids is 1. The van der Waals surface area contributed by atoms with E-state index in [-0.39, 0.29) is 12.5 Å². The highest BCUT2D eigenvalue weighted by Gasteiger charge is 2.34. The van der Waals surface area contributed by atoms with E-state index in [9.17, 15) is 13.2 Å². The molecule has 3 heterocycles. The van der Waals surface area contributed by atoms with Crippen molar-refractivity contribution in [3.63, 3.8) is 0 Å². The van der Waals surface area contributed by atoms with Crippen molar-refractivity contribution in [2.75, 3.05) is 18.4 Å². The number of benzene rings is 1. The molecule has 1 aromatic carbocycles. The van der Waals surface area contributed by atoms with Crippen LogP contribution in [-0.4, -0.2) is 36.7 Å². The number of piperidine rings is 1. The average Bonchev–Trinajstić information content (AvgIpc) is 3.23. The molecule has 2 aromatic heterocycles. The monoisotopic (exact) mass is 457 g/mol. The van der Waals surface area contributed by atoms with Crippen molar-refractivity contribution in [3.05, 3.63) is 65.7 Å². The van der Waals surface area contributed by atoms with Crippen molar-refractivity contribution in [3.8, 4) is 11.6 Å². The van der Waals surface area contributed by atoms with Crippen LogP contribution in [0.3, 0.4) is 0 Å². The minimum Gasteiger partial charge on any atom is -0.439 e. The van der Waals surface area contributed by atoms with Crippen molar-refractivity contribution in [2.24, 2.45) is 5.92 Å². The molecular formula is C22H23N3O4S2. The van der Waals surface area contributed by atoms with Gasteiger partial charge in [0.15, 0.2) is 0 Å². The van der Waals surface area contributed by atoms with Gasteiger partial charge in [-0.3, -0.25) is 4.79 Å². The molecule has 0 aliphatic carbocycles. The third-order valence-corrected chi connectivity index (χ3v) is 8.37. The number of hydrogen-bond donors (Lipinski definition) is 1. The van der Waals surface area contributed by atoms with Crippen LogP contribution in [0.5, 0.6) is 11.6 Å². The number of ether oxygens (including phenoxy) is 1. The molecule has 4 rings (SSSR count). The van der Waals surface area contributed by atoms with E-state index in [4.69, 9.17) is 4.74 Å². The number of pyridine rings is 1. The number of anilines is 1. The van der Waals surface area contributed by atoms with E-state index < -0.39 is 15.9 Å². The predicted octanol–water partition coefficient (Wildman–Crippen LogP) is 4.28. The Balaban J connectivity index is 1.38. The van der Waals surface area contributed by atoms with E-state index >= 15 is 0 Å². The van der Waals surface area contributed by atoms with Gasteiger partial charge in [0.1, 0.15) is 9.96 Å². The third-order valence-electron chi connectivity index (χ3n) is 5.03. The van der Waals surface area contributed by atoms with E-state index in [2.05, 4.69) is 10.3 Å². The topological polar surface area (TPSA) is 88.6 Å². The second kappa shape index (κ2) is 9.17. The summed E-state index contributed by atoms with van der Waals surface area (Å²) in [4.78, 5) is 17.9. The summed E-state index contributed by atoms with van der Waals surface area (Å²) < 4.78 is 33.2. The zero-order valence-corrected chi connectivity index (χ0v) is 18.7. The van der Waals surface area contributed by atoms with Crippen molar-refractivity contribution in [1.82, 2.24) is 9.29 Å². The first kappa shape index (κ1) is 21.5. The van der Waals surface area contributed by atoms with E-state index in [1.54, 1.807) is 24.3 Å². The second-order valence-electron chi connectivity index (χ2n) is 7.36. The number of hydrogen-bond acceptors (Lipinski definition) is 6. The quantitative estimate of drug-likeness (QED) is 0.597. The molecule has 0 unspecified atom stereocenters. The SMILES string of the molecule is Cc1ccc(S(=O)(=O)N2CCC[C@H](C(=O)Nc3ccc(Oc4ccccc4)nc3)C2)s1. The molecule has 1 amide bonds. The summed E-state index contributed by atoms with van der Waals surface area (Å²) in [5.74, 6) is 0.479. The van der Waals surface area contributed by atoms with E-state index in [0.29, 0.717) is 40.9 Å². The molecular weight excluding hydrogens is 434 g/mol. The van der Waals surface area contributed by atoms with Gasteiger partial charge in [-0.25, -0.2) is 13.4 Å². The summed E-state index contributed by atoms with van der Waals surface area (Å²) in [6, 6.07) is 16.1. The zero-order chi connectivity index (χ0) is 21.8. The predicted molar refractivity (Wildman–Crippen MR) is 120 cm³/mol. The minimum absolute atomic E-state index is 0.174. The molecule has 9 heteroatoms. The summed E-state index contributed by atoms with van der Waals surface area (Å²) >= 11 is 1.25. The maximum atomic E-state index is 12.9. The fourth-order valence-corrected chi connectivity index (χ4v) is 6.38. The molecule has 0 bridgehead atoms. The molecule has 1 atom stereocenters. The van der Waals surface area contributed by atoms with Crippen molar-refractivity contribution in [1.29, 1.82) is 0 Å². The molecule has 162 valence electrons. The number of carbonyl (C=O) groups is 1. The molecule has 0 radical (unpaired) electrons. The first-order valence-electron chi connectivity index (χ1n) is 9.98. The van der Waals surface area contributed by atoms with Crippen molar-refractivity contribution >= 4 is 33.0 Å². The van der Waals surface area contributed by atoms with Crippen LogP contribution >= 0.6 is 11.3 Å². The van der Waals surface area contributed by atoms with Crippen molar-refractivity contribution < 1.29 is 17.9 Å². The van der Waals surface area contributed by atoms with Crippen LogP contribution in [0.25, 0.3) is 0 Å². The zero-order valence-electron chi connectivity index (χ0n) is 17.0. The molecule has 3 aromatic rings. The largest absolute Gasteiger partial charge is 0.439 e. The smallest absolute Gasteiger partial charge is 0.252 e. The van der Waals surface area contributed by atoms with Crippen LogP contribution in [0.4, 0.5) is 5.69 Å². The van der Waals surface area contributed by atoms with Gasteiger partial charge in [-0.15, -0.1) is 11.3 Å². The molecule has 7 nitrogen and oxygen atoms in total. The fourth-order valence-electron chi connectivity index (χ4n) is 3.42. The number of thiophene rings is 1. The van der Waals surface area contributed by atoms with Gasteiger partial charge in [0, 0.05) is 24.0 Å². The number of aryl methyl sites for hydroxylation is 1. The van der Waals surface area contributed by atoms with Crippen LogP contribution in [-0.2, 0) is 14.8 Å². The molecule has 1 aliphatic rings. The first-order valence-corrected chi connectivity index (χ1v) is 12.2. The highest BCUT2D eigenvalue weighted by Crippen LogP contribution is 2.29. The lowest BCUT2D eigenvalue weighted by atomic mass is 9.99. The Morgan fingerprint density at radius 2 is 1.97 bits per heavy atom. The molecule has 1 N–H and O–H groups in total. The molecule has 1 fully saturated rings. The van der Waals surface area contributed by atoms with Crippen LogP contribution < -0.4 is 10.1 Å². The van der Waals surface area contributed by atoms with Gasteiger partial charge in [0.2, 0.25) is 11.8 Å².